The number of hydrogen-bond acceptors (Lipinski definition) is 3. The average Bonchev–Trinajstić information content (AvgIpc) is 2.17. The maximum Gasteiger partial charge on any atom is 0.325 e. The van der Waals surface area contributed by atoms with Gasteiger partial charge in [0, 0.05) is 0 Å². The van der Waals surface area contributed by atoms with Crippen LogP contribution in [0.5, 0.6) is 5.75 Å². The molecule has 0 fully saturated rings. The molecule has 0 heterocycles. The molecule has 1 aromatic carbocycles. The van der Waals surface area contributed by atoms with Crippen LogP contribution in [0.4, 0.5) is 0 Å². The molecule has 14 heavy (non-hydrogen) atoms. The molecule has 0 spiro atoms. The minimum absolute atomic E-state index is 0.512. The van der Waals surface area contributed by atoms with Crippen LogP contribution in [0.15, 0.2) is 22.7 Å². The van der Waals surface area contributed by atoms with Gasteiger partial charge in [0.25, 0.3) is 0 Å². The summed E-state index contributed by atoms with van der Waals surface area (Å²) in [5.41, 5.74) is 5.95. The molecule has 0 bridgehead atoms. The molecule has 1 atom stereocenters. The summed E-state index contributed by atoms with van der Waals surface area (Å²) in [4.78, 5) is 10.6. The van der Waals surface area contributed by atoms with E-state index in [9.17, 15) is 4.79 Å². The number of carboxylic acids is 1. The highest BCUT2D eigenvalue weighted by Crippen LogP contribution is 2.27. The average molecular weight is 260 g/mol. The Morgan fingerprint density at radius 3 is 2.79 bits per heavy atom. The summed E-state index contributed by atoms with van der Waals surface area (Å²) in [7, 11) is 1.51. The Morgan fingerprint density at radius 2 is 2.29 bits per heavy atom. The fourth-order valence-corrected chi connectivity index (χ4v) is 1.42. The van der Waals surface area contributed by atoms with Crippen molar-refractivity contribution >= 4 is 21.9 Å². The first-order valence-corrected chi connectivity index (χ1v) is 4.67. The van der Waals surface area contributed by atoms with Crippen LogP contribution < -0.4 is 10.5 Å². The minimum atomic E-state index is -1.06. The largest absolute Gasteiger partial charge is 0.496 e. The molecular weight excluding hydrogens is 250 g/mol. The lowest BCUT2D eigenvalue weighted by atomic mass is 10.1. The highest BCUT2D eigenvalue weighted by Gasteiger charge is 2.15. The molecule has 4 nitrogen and oxygen atoms in total. The second-order valence-corrected chi connectivity index (χ2v) is 3.56. The third-order valence-electron chi connectivity index (χ3n) is 1.80. The number of carboxylic acid groups (broad SMARTS) is 1. The van der Waals surface area contributed by atoms with Gasteiger partial charge >= 0.3 is 5.97 Å². The maximum absolute atomic E-state index is 10.6. The van der Waals surface area contributed by atoms with Crippen LogP contribution in [0.25, 0.3) is 0 Å². The van der Waals surface area contributed by atoms with Crippen LogP contribution in [-0.2, 0) is 4.79 Å². The Kier molecular flexibility index (Phi) is 3.49. The second kappa shape index (κ2) is 4.43. The summed E-state index contributed by atoms with van der Waals surface area (Å²) < 4.78 is 5.79. The van der Waals surface area contributed by atoms with Gasteiger partial charge in [-0.3, -0.25) is 4.79 Å². The third-order valence-corrected chi connectivity index (χ3v) is 2.46. The van der Waals surface area contributed by atoms with E-state index in [0.29, 0.717) is 11.3 Å². The lowest BCUT2D eigenvalue weighted by molar-refractivity contribution is -0.138. The van der Waals surface area contributed by atoms with Crippen LogP contribution in [0.2, 0.25) is 0 Å². The number of rotatable bonds is 3. The summed E-state index contributed by atoms with van der Waals surface area (Å²) in [6, 6.07) is 3.93. The highest BCUT2D eigenvalue weighted by atomic mass is 79.9. The zero-order valence-corrected chi connectivity index (χ0v) is 9.11. The molecule has 0 aliphatic carbocycles. The van der Waals surface area contributed by atoms with Crippen molar-refractivity contribution in [2.24, 2.45) is 5.73 Å². The number of nitrogens with two attached hydrogens (primary N) is 1. The lowest BCUT2D eigenvalue weighted by Crippen LogP contribution is -2.20. The van der Waals surface area contributed by atoms with Crippen LogP contribution in [0.3, 0.4) is 0 Å². The van der Waals surface area contributed by atoms with Crippen molar-refractivity contribution in [3.8, 4) is 5.75 Å². The van der Waals surface area contributed by atoms with Gasteiger partial charge < -0.3 is 15.6 Å². The van der Waals surface area contributed by atoms with Crippen LogP contribution in [0, 0.1) is 0 Å². The molecule has 1 rings (SSSR count). The number of aliphatic carboxylic acids is 1. The van der Waals surface area contributed by atoms with Crippen molar-refractivity contribution in [1.29, 1.82) is 0 Å². The van der Waals surface area contributed by atoms with E-state index in [1.807, 2.05) is 0 Å². The first kappa shape index (κ1) is 11.0. The number of ether oxygens (including phenoxy) is 1. The molecule has 0 saturated carbocycles. The van der Waals surface area contributed by atoms with Crippen molar-refractivity contribution in [3.05, 3.63) is 28.2 Å². The van der Waals surface area contributed by atoms with Gasteiger partial charge in [0.1, 0.15) is 11.8 Å². The predicted molar refractivity (Wildman–Crippen MR) is 55.3 cm³/mol. The Bertz CT molecular complexity index is 354. The highest BCUT2D eigenvalue weighted by molar-refractivity contribution is 9.10. The molecule has 3 N–H and O–H groups in total. The molecule has 0 amide bonds. The number of methoxy groups -OCH3 is 1. The van der Waals surface area contributed by atoms with Crippen LogP contribution in [0.1, 0.15) is 11.6 Å². The molecule has 1 unspecified atom stereocenters. The van der Waals surface area contributed by atoms with Crippen molar-refractivity contribution in [2.45, 2.75) is 6.04 Å². The standard InChI is InChI=1S/C9H10BrNO3/c1-14-7-4-5(2-3-6(7)10)8(11)9(12)13/h2-4,8H,11H2,1H3,(H,12,13). The van der Waals surface area contributed by atoms with E-state index in [4.69, 9.17) is 15.6 Å². The fraction of sp³-hybridized carbons (Fsp3) is 0.222. The number of hydrogen-bond donors (Lipinski definition) is 2. The molecule has 0 radical (unpaired) electrons. The Morgan fingerprint density at radius 1 is 1.64 bits per heavy atom. The SMILES string of the molecule is COc1cc(C(N)C(=O)O)ccc1Br. The number of carbonyl (C=O) groups is 1. The van der Waals surface area contributed by atoms with Gasteiger partial charge in [-0.25, -0.2) is 0 Å². The van der Waals surface area contributed by atoms with Crippen LogP contribution in [-0.4, -0.2) is 18.2 Å². The summed E-state index contributed by atoms with van der Waals surface area (Å²) in [6.45, 7) is 0. The number of benzene rings is 1. The van der Waals surface area contributed by atoms with Crippen molar-refractivity contribution in [2.75, 3.05) is 7.11 Å². The minimum Gasteiger partial charge on any atom is -0.496 e. The smallest absolute Gasteiger partial charge is 0.325 e. The summed E-state index contributed by atoms with van der Waals surface area (Å²) in [5.74, 6) is -0.492. The second-order valence-electron chi connectivity index (χ2n) is 2.71. The summed E-state index contributed by atoms with van der Waals surface area (Å²) in [6.07, 6.45) is 0. The normalized spacial score (nSPS) is 12.2. The predicted octanol–water partition coefficient (Wildman–Crippen LogP) is 1.54. The first-order valence-electron chi connectivity index (χ1n) is 3.88. The van der Waals surface area contributed by atoms with Gasteiger partial charge in [-0.05, 0) is 33.6 Å². The zero-order chi connectivity index (χ0) is 10.7. The van der Waals surface area contributed by atoms with Crippen molar-refractivity contribution < 1.29 is 14.6 Å². The van der Waals surface area contributed by atoms with E-state index < -0.39 is 12.0 Å². The van der Waals surface area contributed by atoms with Crippen molar-refractivity contribution in [3.63, 3.8) is 0 Å². The molecular formula is C9H10BrNO3. The molecule has 0 aliphatic rings. The van der Waals surface area contributed by atoms with E-state index in [2.05, 4.69) is 15.9 Å². The number of halogens is 1. The van der Waals surface area contributed by atoms with E-state index in [1.54, 1.807) is 18.2 Å². The van der Waals surface area contributed by atoms with E-state index in [1.165, 1.54) is 7.11 Å². The molecule has 0 saturated heterocycles. The quantitative estimate of drug-likeness (QED) is 0.864. The van der Waals surface area contributed by atoms with Gasteiger partial charge in [-0.15, -0.1) is 0 Å². The van der Waals surface area contributed by atoms with Crippen LogP contribution >= 0.6 is 15.9 Å². The van der Waals surface area contributed by atoms with Gasteiger partial charge in [0.05, 0.1) is 11.6 Å². The Balaban J connectivity index is 3.06. The van der Waals surface area contributed by atoms with E-state index >= 15 is 0 Å². The maximum atomic E-state index is 10.6. The van der Waals surface area contributed by atoms with Gasteiger partial charge in [-0.2, -0.15) is 0 Å². The van der Waals surface area contributed by atoms with Gasteiger partial charge in [0.2, 0.25) is 0 Å². The molecule has 5 heteroatoms. The third kappa shape index (κ3) is 2.24. The van der Waals surface area contributed by atoms with Gasteiger partial charge in [0.15, 0.2) is 0 Å². The van der Waals surface area contributed by atoms with Gasteiger partial charge in [-0.1, -0.05) is 6.07 Å². The van der Waals surface area contributed by atoms with Crippen molar-refractivity contribution in [1.82, 2.24) is 0 Å². The zero-order valence-electron chi connectivity index (χ0n) is 7.53. The lowest BCUT2D eigenvalue weighted by Gasteiger charge is -2.09. The Hall–Kier alpha value is -1.07. The molecule has 1 aromatic rings. The molecule has 0 aromatic heterocycles. The first-order chi connectivity index (χ1) is 6.56. The van der Waals surface area contributed by atoms with E-state index in [-0.39, 0.29) is 0 Å². The Labute approximate surface area is 89.8 Å². The topological polar surface area (TPSA) is 72.5 Å². The molecule has 76 valence electrons. The molecule has 0 aliphatic heterocycles. The summed E-state index contributed by atoms with van der Waals surface area (Å²) >= 11 is 3.26. The van der Waals surface area contributed by atoms with E-state index in [0.717, 1.165) is 4.47 Å². The fourth-order valence-electron chi connectivity index (χ4n) is 1.01. The summed E-state index contributed by atoms with van der Waals surface area (Å²) in [5, 5.41) is 8.69. The monoisotopic (exact) mass is 259 g/mol.